The second-order valence-electron chi connectivity index (χ2n) is 25.3. The number of likely N-dealkylation sites (tertiary alicyclic amines) is 1. The first kappa shape index (κ1) is 77.6. The molecule has 2 saturated heterocycles. The van der Waals surface area contributed by atoms with E-state index in [1.807, 2.05) is 23.6 Å². The molecule has 5 aromatic rings. The van der Waals surface area contributed by atoms with Gasteiger partial charge in [-0.15, -0.1) is 0 Å². The number of carbonyl (C=O) groups excluding carboxylic acids is 12. The van der Waals surface area contributed by atoms with Crippen molar-refractivity contribution in [1.29, 1.82) is 0 Å². The minimum Gasteiger partial charge on any atom is -0.480 e. The van der Waals surface area contributed by atoms with Crippen molar-refractivity contribution < 1.29 is 67.4 Å². The van der Waals surface area contributed by atoms with Gasteiger partial charge in [-0.2, -0.15) is 0 Å². The number of aromatic amines is 1. The molecular weight excluding hydrogens is 1330 g/mol. The third-order valence-corrected chi connectivity index (χ3v) is 17.4. The Labute approximate surface area is 586 Å². The van der Waals surface area contributed by atoms with Gasteiger partial charge in [-0.25, -0.2) is 10.6 Å². The maximum absolute atomic E-state index is 15.2. The summed E-state index contributed by atoms with van der Waals surface area (Å²) in [6.07, 6.45) is -0.560. The number of nitrogens with two attached hydrogens (primary N) is 4. The van der Waals surface area contributed by atoms with E-state index in [0.717, 1.165) is 17.7 Å². The number of aliphatic imine (C=N–C) groups is 1. The number of halogens is 1. The summed E-state index contributed by atoms with van der Waals surface area (Å²) in [6.45, 7) is 3.96. The van der Waals surface area contributed by atoms with Gasteiger partial charge in [-0.3, -0.25) is 68.0 Å². The third-order valence-electron chi connectivity index (χ3n) is 17.1. The van der Waals surface area contributed by atoms with Gasteiger partial charge in [0, 0.05) is 80.9 Å². The van der Waals surface area contributed by atoms with Crippen LogP contribution in [0.2, 0.25) is 5.02 Å². The van der Waals surface area contributed by atoms with Crippen LogP contribution in [-0.4, -0.2) is 184 Å². The van der Waals surface area contributed by atoms with E-state index in [2.05, 4.69) is 63.1 Å². The Bertz CT molecular complexity index is 3870. The van der Waals surface area contributed by atoms with E-state index in [4.69, 9.17) is 34.6 Å². The second kappa shape index (κ2) is 37.5. The lowest BCUT2D eigenvalue weighted by molar-refractivity contribution is -0.145. The normalized spacial score (nSPS) is 19.9. The Morgan fingerprint density at radius 1 is 0.703 bits per heavy atom. The number of hydrogen-bond acceptors (Lipinski definition) is 16. The molecular formula is C68H89ClN18O14. The van der Waals surface area contributed by atoms with Crippen molar-refractivity contribution in [1.82, 2.24) is 68.5 Å². The SMILES string of the molecule is CC(=O)N[C@H]1CCC(=O)NCC[C@@H](C(=O)N[C@H](Cc2ccc3ccccc3c2)C(=O)N[C@@H](CC(C)C)C(=O)N[C@@H](CCCN=C(N)N)C(=O)N2CCC[C@H]2C(=O)N[C@@H](CN)C(=O)O)NC(=O)[C@H](CC(=O)NN)NC(=O)[C@@H](Cc2c[nH]c3ccccc23)NC(=O)[C@@H](Cc2ccc(Cl)cc2)NC1=O. The van der Waals surface area contributed by atoms with E-state index in [0.29, 0.717) is 39.0 Å². The first-order valence-corrected chi connectivity index (χ1v) is 33.6. The molecule has 2 aliphatic heterocycles. The highest BCUT2D eigenvalue weighted by Crippen LogP contribution is 2.24. The monoisotopic (exact) mass is 1420 g/mol. The number of nitrogens with one attached hydrogen (secondary N) is 12. The molecule has 1 aromatic heterocycles. The summed E-state index contributed by atoms with van der Waals surface area (Å²) in [5.41, 5.74) is 20.9. The number of hydrogen-bond donors (Lipinski definition) is 17. The molecule has 0 saturated carbocycles. The number of carboxylic acids is 1. The number of H-pyrrole nitrogens is 1. The van der Waals surface area contributed by atoms with Gasteiger partial charge in [-0.05, 0) is 96.5 Å². The highest BCUT2D eigenvalue weighted by molar-refractivity contribution is 6.30. The van der Waals surface area contributed by atoms with Gasteiger partial charge in [0.2, 0.25) is 70.9 Å². The zero-order valence-electron chi connectivity index (χ0n) is 56.2. The largest absolute Gasteiger partial charge is 0.480 e. The van der Waals surface area contributed by atoms with Gasteiger partial charge in [0.15, 0.2) is 5.96 Å². The first-order chi connectivity index (χ1) is 48.2. The number of aliphatic carboxylic acids is 1. The zero-order chi connectivity index (χ0) is 73.4. The van der Waals surface area contributed by atoms with Gasteiger partial charge in [-0.1, -0.05) is 98.2 Å². The molecule has 0 spiro atoms. The Hall–Kier alpha value is -10.7. The van der Waals surface area contributed by atoms with Crippen LogP contribution in [0.15, 0.2) is 102 Å². The Morgan fingerprint density at radius 2 is 1.34 bits per heavy atom. The quantitative estimate of drug-likeness (QED) is 0.00725. The van der Waals surface area contributed by atoms with E-state index >= 15 is 9.59 Å². The molecule has 0 aliphatic carbocycles. The highest BCUT2D eigenvalue weighted by atomic mass is 35.5. The number of benzene rings is 4. The molecule has 7 rings (SSSR count). The Kier molecular flexibility index (Phi) is 28.8. The molecule has 0 bridgehead atoms. The zero-order valence-corrected chi connectivity index (χ0v) is 57.0. The molecule has 0 radical (unpaired) electrons. The number of carbonyl (C=O) groups is 13. The molecule has 12 amide bonds. The van der Waals surface area contributed by atoms with Crippen LogP contribution in [0.25, 0.3) is 21.7 Å². The van der Waals surface area contributed by atoms with Gasteiger partial charge in [0.25, 0.3) is 0 Å². The first-order valence-electron chi connectivity index (χ1n) is 33.2. The standard InChI is InChI=1S/C68H89ClN18O14/c1-36(2)28-49(60(93)79-48(14-8-25-75-68(71)72)66(99)87-27-9-15-55(87)65(98)85-54(34-70)67(100)101)80-62(95)51(31-39-16-19-40-10-4-5-11-41(40)29-39)82-59(92)47-24-26-74-56(89)23-22-46(77-37(3)88)58(91)81-50(30-38-17-20-43(69)21-18-38)61(94)83-52(32-42-35-76-45-13-7-6-12-44(42)45)63(96)84-53(64(97)78-47)33-57(90)86-73/h4-7,10-13,16-21,29,35-36,46-55,76H,8-9,14-15,22-28,30-34,70,73H2,1-3H3,(H,74,89)(H,77,88)(H,78,97)(H,79,93)(H,80,95)(H,81,91)(H,82,92)(H,83,94)(H,84,96)(H,85,98)(H,86,90)(H,100,101)(H4,71,72,75)/t46-,47-,48-,49-,50+,51+,52+,53-,54-,55-/m0/s1. The molecule has 32 nitrogen and oxygen atoms in total. The summed E-state index contributed by atoms with van der Waals surface area (Å²) in [5, 5.41) is 38.6. The summed E-state index contributed by atoms with van der Waals surface area (Å²) < 4.78 is 0. The molecule has 101 heavy (non-hydrogen) atoms. The number of aromatic nitrogens is 1. The summed E-state index contributed by atoms with van der Waals surface area (Å²) in [6, 6.07) is 11.0. The predicted octanol–water partition coefficient (Wildman–Crippen LogP) is -1.80. The van der Waals surface area contributed by atoms with Crippen LogP contribution in [0.1, 0.15) is 95.2 Å². The molecule has 3 heterocycles. The smallest absolute Gasteiger partial charge is 0.327 e. The predicted molar refractivity (Wildman–Crippen MR) is 372 cm³/mol. The Balaban J connectivity index is 1.23. The van der Waals surface area contributed by atoms with Crippen LogP contribution in [-0.2, 0) is 81.6 Å². The van der Waals surface area contributed by atoms with Crippen LogP contribution in [0.4, 0.5) is 0 Å². The molecule has 4 aromatic carbocycles. The number of fused-ring (bicyclic) bond motifs is 2. The van der Waals surface area contributed by atoms with Crippen molar-refractivity contribution >= 4 is 116 Å². The third kappa shape index (κ3) is 23.2. The van der Waals surface area contributed by atoms with Crippen molar-refractivity contribution in [3.05, 3.63) is 119 Å². The number of amides is 12. The van der Waals surface area contributed by atoms with Crippen LogP contribution in [0.3, 0.4) is 0 Å². The van der Waals surface area contributed by atoms with Crippen molar-refractivity contribution in [2.75, 3.05) is 26.2 Å². The molecule has 542 valence electrons. The van der Waals surface area contributed by atoms with Crippen LogP contribution < -0.4 is 81.6 Å². The summed E-state index contributed by atoms with van der Waals surface area (Å²) in [5.74, 6) is -6.95. The molecule has 2 aliphatic rings. The number of guanidine groups is 1. The van der Waals surface area contributed by atoms with Crippen molar-refractivity contribution in [2.24, 2.45) is 34.0 Å². The van der Waals surface area contributed by atoms with E-state index in [1.54, 1.807) is 92.8 Å². The van der Waals surface area contributed by atoms with E-state index < -0.39 is 163 Å². The van der Waals surface area contributed by atoms with Gasteiger partial charge in [0.1, 0.15) is 60.4 Å². The highest BCUT2D eigenvalue weighted by Gasteiger charge is 2.41. The van der Waals surface area contributed by atoms with Gasteiger partial charge >= 0.3 is 5.97 Å². The van der Waals surface area contributed by atoms with Gasteiger partial charge in [0.05, 0.1) is 6.42 Å². The van der Waals surface area contributed by atoms with Crippen molar-refractivity contribution in [3.63, 3.8) is 0 Å². The molecule has 10 atom stereocenters. The second-order valence-corrected chi connectivity index (χ2v) is 25.7. The van der Waals surface area contributed by atoms with E-state index in [9.17, 15) is 57.8 Å². The lowest BCUT2D eigenvalue weighted by atomic mass is 9.98. The number of carboxylic acid groups (broad SMARTS) is 1. The summed E-state index contributed by atoms with van der Waals surface area (Å²) in [7, 11) is 0. The fourth-order valence-corrected chi connectivity index (χ4v) is 12.1. The van der Waals surface area contributed by atoms with Crippen LogP contribution >= 0.6 is 11.6 Å². The summed E-state index contributed by atoms with van der Waals surface area (Å²) in [4.78, 5) is 192. The minimum atomic E-state index is -1.87. The molecule has 0 unspecified atom stereocenters. The number of rotatable bonds is 26. The van der Waals surface area contributed by atoms with Crippen molar-refractivity contribution in [3.8, 4) is 0 Å². The number of nitrogens with zero attached hydrogens (tertiary/aromatic N) is 2. The average Bonchev–Trinajstić information content (AvgIpc) is 1.75. The fourth-order valence-electron chi connectivity index (χ4n) is 11.9. The van der Waals surface area contributed by atoms with Crippen molar-refractivity contribution in [2.45, 2.75) is 158 Å². The molecule has 33 heteroatoms. The number of hydrazine groups is 1. The topological polar surface area (TPSA) is 510 Å². The van der Waals surface area contributed by atoms with E-state index in [1.165, 1.54) is 4.90 Å². The Morgan fingerprint density at radius 3 is 2.02 bits per heavy atom. The summed E-state index contributed by atoms with van der Waals surface area (Å²) >= 11 is 6.20. The maximum Gasteiger partial charge on any atom is 0.327 e. The fraction of sp³-hybridized carbons (Fsp3) is 0.441. The van der Waals surface area contributed by atoms with Crippen LogP contribution in [0.5, 0.6) is 0 Å². The van der Waals surface area contributed by atoms with Crippen LogP contribution in [0, 0.1) is 5.92 Å². The minimum absolute atomic E-state index is 0.0253. The maximum atomic E-state index is 15.2. The number of para-hydroxylation sites is 1. The average molecular weight is 1420 g/mol. The lowest BCUT2D eigenvalue weighted by Gasteiger charge is -2.31. The molecule has 21 N–H and O–H groups in total. The lowest BCUT2D eigenvalue weighted by Crippen LogP contribution is -2.61. The van der Waals surface area contributed by atoms with Gasteiger partial charge < -0.3 is 85.4 Å². The molecule has 2 fully saturated rings. The van der Waals surface area contributed by atoms with E-state index in [-0.39, 0.29) is 82.9 Å².